The first-order valence-electron chi connectivity index (χ1n) is 8.00. The van der Waals surface area contributed by atoms with Crippen molar-refractivity contribution in [1.82, 2.24) is 5.32 Å². The smallest absolute Gasteiger partial charge is 0.253 e. The summed E-state index contributed by atoms with van der Waals surface area (Å²) in [5, 5.41) is 3.09. The zero-order chi connectivity index (χ0) is 19.3. The topological polar surface area (TPSA) is 84.5 Å². The van der Waals surface area contributed by atoms with E-state index in [-0.39, 0.29) is 22.3 Å². The minimum Gasteiger partial charge on any atom is -0.494 e. The number of carbonyl (C=O) groups excluding carboxylic acids is 1. The van der Waals surface area contributed by atoms with Crippen LogP contribution in [0.3, 0.4) is 0 Å². The Hall–Kier alpha value is -2.25. The van der Waals surface area contributed by atoms with E-state index in [0.29, 0.717) is 6.61 Å². The molecule has 0 saturated heterocycles. The molecule has 0 aliphatic rings. The summed E-state index contributed by atoms with van der Waals surface area (Å²) in [6, 6.07) is 11.5. The van der Waals surface area contributed by atoms with Crippen LogP contribution in [0.5, 0.6) is 5.75 Å². The van der Waals surface area contributed by atoms with E-state index >= 15 is 0 Å². The van der Waals surface area contributed by atoms with Crippen molar-refractivity contribution >= 4 is 33.2 Å². The van der Waals surface area contributed by atoms with Crippen LogP contribution >= 0.6 is 11.6 Å². The number of rotatable bonds is 7. The first kappa shape index (κ1) is 20.1. The molecule has 2 aromatic rings. The summed E-state index contributed by atoms with van der Waals surface area (Å²) in [6.45, 7) is 4.34. The monoisotopic (exact) mass is 396 g/mol. The summed E-state index contributed by atoms with van der Waals surface area (Å²) in [5.41, 5.74) is 1.37. The van der Waals surface area contributed by atoms with Crippen molar-refractivity contribution in [2.45, 2.75) is 19.9 Å². The Bertz CT molecular complexity index is 883. The highest BCUT2D eigenvalue weighted by molar-refractivity contribution is 7.92. The number of amides is 1. The molecule has 0 aromatic heterocycles. The average molecular weight is 397 g/mol. The van der Waals surface area contributed by atoms with Crippen molar-refractivity contribution < 1.29 is 17.9 Å². The third-order valence-corrected chi connectivity index (χ3v) is 4.49. The van der Waals surface area contributed by atoms with Crippen LogP contribution in [0.15, 0.2) is 42.5 Å². The predicted molar refractivity (Wildman–Crippen MR) is 103 cm³/mol. The van der Waals surface area contributed by atoms with E-state index in [1.165, 1.54) is 18.2 Å². The summed E-state index contributed by atoms with van der Waals surface area (Å²) in [7, 11) is -3.44. The van der Waals surface area contributed by atoms with Crippen LogP contribution in [0.2, 0.25) is 5.02 Å². The Balaban J connectivity index is 2.14. The third kappa shape index (κ3) is 5.64. The molecule has 0 aliphatic carbocycles. The number of ether oxygens (including phenoxy) is 1. The lowest BCUT2D eigenvalue weighted by Gasteiger charge is -2.16. The van der Waals surface area contributed by atoms with Gasteiger partial charge < -0.3 is 10.1 Å². The number of carbonyl (C=O) groups is 1. The van der Waals surface area contributed by atoms with Gasteiger partial charge in [0.25, 0.3) is 5.91 Å². The number of benzene rings is 2. The van der Waals surface area contributed by atoms with Crippen molar-refractivity contribution in [3.8, 4) is 5.75 Å². The maximum atomic E-state index is 12.5. The molecule has 0 heterocycles. The Morgan fingerprint density at radius 1 is 1.19 bits per heavy atom. The van der Waals surface area contributed by atoms with E-state index in [4.69, 9.17) is 16.3 Å². The van der Waals surface area contributed by atoms with Gasteiger partial charge in [-0.15, -0.1) is 0 Å². The number of sulfonamides is 1. The van der Waals surface area contributed by atoms with Crippen molar-refractivity contribution in [1.29, 1.82) is 0 Å². The molecular weight excluding hydrogens is 376 g/mol. The minimum atomic E-state index is -3.44. The van der Waals surface area contributed by atoms with Gasteiger partial charge in [0.1, 0.15) is 5.75 Å². The second kappa shape index (κ2) is 8.42. The van der Waals surface area contributed by atoms with Crippen LogP contribution in [-0.4, -0.2) is 27.2 Å². The lowest BCUT2D eigenvalue weighted by molar-refractivity contribution is 0.0940. The molecule has 1 atom stereocenters. The molecule has 0 unspecified atom stereocenters. The summed E-state index contributed by atoms with van der Waals surface area (Å²) < 4.78 is 30.4. The van der Waals surface area contributed by atoms with Gasteiger partial charge in [0.2, 0.25) is 10.0 Å². The number of hydrogen-bond acceptors (Lipinski definition) is 4. The molecule has 0 radical (unpaired) electrons. The zero-order valence-corrected chi connectivity index (χ0v) is 16.3. The van der Waals surface area contributed by atoms with Gasteiger partial charge in [-0.2, -0.15) is 0 Å². The molecule has 0 saturated carbocycles. The second-order valence-corrected chi connectivity index (χ2v) is 7.92. The van der Waals surface area contributed by atoms with E-state index < -0.39 is 15.9 Å². The number of anilines is 1. The fourth-order valence-electron chi connectivity index (χ4n) is 2.35. The molecule has 0 bridgehead atoms. The standard InChI is InChI=1S/C18H21ClN2O4S/c1-4-25-15-8-5-13(6-9-15)12(2)20-18(22)16-11-14(7-10-17(16)19)21-26(3,23)24/h5-12,21H,4H2,1-3H3,(H,20,22)/t12-/m0/s1. The molecule has 2 rings (SSSR count). The number of nitrogens with one attached hydrogen (secondary N) is 2. The fraction of sp³-hybridized carbons (Fsp3) is 0.278. The van der Waals surface area contributed by atoms with Crippen LogP contribution < -0.4 is 14.8 Å². The third-order valence-electron chi connectivity index (χ3n) is 3.55. The van der Waals surface area contributed by atoms with E-state index in [1.807, 2.05) is 38.1 Å². The zero-order valence-electron chi connectivity index (χ0n) is 14.7. The Morgan fingerprint density at radius 3 is 2.42 bits per heavy atom. The minimum absolute atomic E-state index is 0.193. The maximum Gasteiger partial charge on any atom is 0.253 e. The summed E-state index contributed by atoms with van der Waals surface area (Å²) >= 11 is 6.09. The maximum absolute atomic E-state index is 12.5. The fourth-order valence-corrected chi connectivity index (χ4v) is 3.11. The Labute approximate surface area is 158 Å². The molecule has 6 nitrogen and oxygen atoms in total. The van der Waals surface area contributed by atoms with Crippen molar-refractivity contribution in [2.24, 2.45) is 0 Å². The van der Waals surface area contributed by atoms with Crippen LogP contribution in [0.4, 0.5) is 5.69 Å². The molecule has 0 fully saturated rings. The molecule has 2 aromatic carbocycles. The van der Waals surface area contributed by atoms with Crippen molar-refractivity contribution in [3.63, 3.8) is 0 Å². The lowest BCUT2D eigenvalue weighted by Crippen LogP contribution is -2.27. The molecule has 2 N–H and O–H groups in total. The van der Waals surface area contributed by atoms with E-state index in [1.54, 1.807) is 0 Å². The molecule has 140 valence electrons. The highest BCUT2D eigenvalue weighted by atomic mass is 35.5. The van der Waals surface area contributed by atoms with E-state index in [2.05, 4.69) is 10.0 Å². The summed E-state index contributed by atoms with van der Waals surface area (Å²) in [5.74, 6) is 0.367. The van der Waals surface area contributed by atoms with Gasteiger partial charge in [0, 0.05) is 5.69 Å². The largest absolute Gasteiger partial charge is 0.494 e. The van der Waals surface area contributed by atoms with Gasteiger partial charge in [0.15, 0.2) is 0 Å². The van der Waals surface area contributed by atoms with Crippen LogP contribution in [0, 0.1) is 0 Å². The Morgan fingerprint density at radius 2 is 1.85 bits per heavy atom. The van der Waals surface area contributed by atoms with Gasteiger partial charge in [0.05, 0.1) is 29.5 Å². The number of halogens is 1. The SMILES string of the molecule is CCOc1ccc([C@H](C)NC(=O)c2cc(NS(C)(=O)=O)ccc2Cl)cc1. The summed E-state index contributed by atoms with van der Waals surface area (Å²) in [6.07, 6.45) is 1.04. The van der Waals surface area contributed by atoms with Crippen molar-refractivity contribution in [2.75, 3.05) is 17.6 Å². The first-order valence-corrected chi connectivity index (χ1v) is 10.3. The quantitative estimate of drug-likeness (QED) is 0.748. The Kier molecular flexibility index (Phi) is 6.50. The van der Waals surface area contributed by atoms with Crippen LogP contribution in [0.25, 0.3) is 0 Å². The highest BCUT2D eigenvalue weighted by Crippen LogP contribution is 2.23. The highest BCUT2D eigenvalue weighted by Gasteiger charge is 2.16. The van der Waals surface area contributed by atoms with Gasteiger partial charge >= 0.3 is 0 Å². The number of hydrogen-bond donors (Lipinski definition) is 2. The van der Waals surface area contributed by atoms with E-state index in [9.17, 15) is 13.2 Å². The van der Waals surface area contributed by atoms with E-state index in [0.717, 1.165) is 17.6 Å². The van der Waals surface area contributed by atoms with Gasteiger partial charge in [-0.05, 0) is 49.7 Å². The first-order chi connectivity index (χ1) is 12.2. The molecule has 26 heavy (non-hydrogen) atoms. The second-order valence-electron chi connectivity index (χ2n) is 5.77. The molecule has 0 spiro atoms. The van der Waals surface area contributed by atoms with Gasteiger partial charge in [-0.1, -0.05) is 23.7 Å². The van der Waals surface area contributed by atoms with Gasteiger partial charge in [-0.25, -0.2) is 8.42 Å². The average Bonchev–Trinajstić information content (AvgIpc) is 2.56. The molecular formula is C18H21ClN2O4S. The lowest BCUT2D eigenvalue weighted by atomic mass is 10.1. The van der Waals surface area contributed by atoms with Crippen molar-refractivity contribution in [3.05, 3.63) is 58.6 Å². The summed E-state index contributed by atoms with van der Waals surface area (Å²) in [4.78, 5) is 12.5. The molecule has 1 amide bonds. The van der Waals surface area contributed by atoms with Gasteiger partial charge in [-0.3, -0.25) is 9.52 Å². The normalized spacial score (nSPS) is 12.3. The van der Waals surface area contributed by atoms with Crippen LogP contribution in [-0.2, 0) is 10.0 Å². The van der Waals surface area contributed by atoms with Crippen LogP contribution in [0.1, 0.15) is 35.8 Å². The molecule has 0 aliphatic heterocycles. The predicted octanol–water partition coefficient (Wildman–Crippen LogP) is 3.60. The molecule has 8 heteroatoms.